The zero-order valence-corrected chi connectivity index (χ0v) is 11.7. The molecule has 0 atom stereocenters. The molecule has 2 aromatic rings. The van der Waals surface area contributed by atoms with Crippen molar-refractivity contribution in [2.75, 3.05) is 6.61 Å². The van der Waals surface area contributed by atoms with Gasteiger partial charge in [-0.1, -0.05) is 13.3 Å². The summed E-state index contributed by atoms with van der Waals surface area (Å²) in [5.74, 6) is 1.19. The number of aromatic nitrogens is 4. The molecule has 0 saturated heterocycles. The Morgan fingerprint density at radius 2 is 2.05 bits per heavy atom. The maximum absolute atomic E-state index is 12.0. The van der Waals surface area contributed by atoms with E-state index in [-0.39, 0.29) is 12.2 Å². The molecule has 0 bridgehead atoms. The van der Waals surface area contributed by atoms with Crippen molar-refractivity contribution >= 4 is 5.78 Å². The van der Waals surface area contributed by atoms with Gasteiger partial charge in [-0.15, -0.1) is 10.2 Å². The Kier molecular flexibility index (Phi) is 4.81. The van der Waals surface area contributed by atoms with Gasteiger partial charge in [0.25, 0.3) is 0 Å². The average Bonchev–Trinajstić information content (AvgIpc) is 2.85. The second kappa shape index (κ2) is 6.79. The molecule has 0 amide bonds. The second-order valence-corrected chi connectivity index (χ2v) is 4.52. The van der Waals surface area contributed by atoms with Gasteiger partial charge in [-0.2, -0.15) is 4.80 Å². The van der Waals surface area contributed by atoms with Crippen molar-refractivity contribution in [3.8, 4) is 5.75 Å². The fraction of sp³-hybridized carbons (Fsp3) is 0.429. The Morgan fingerprint density at radius 3 is 2.65 bits per heavy atom. The molecule has 6 nitrogen and oxygen atoms in total. The SMILES string of the molecule is CCCCOc1ccc(C(=O)Cc2nnn(C)n2)cc1. The van der Waals surface area contributed by atoms with Gasteiger partial charge in [-0.3, -0.25) is 4.79 Å². The monoisotopic (exact) mass is 274 g/mol. The molecule has 0 aliphatic heterocycles. The number of nitrogens with zero attached hydrogens (tertiary/aromatic N) is 4. The van der Waals surface area contributed by atoms with Crippen molar-refractivity contribution in [1.82, 2.24) is 20.2 Å². The number of unbranched alkanes of at least 4 members (excludes halogenated alkanes) is 1. The lowest BCUT2D eigenvalue weighted by molar-refractivity contribution is 0.0990. The average molecular weight is 274 g/mol. The van der Waals surface area contributed by atoms with E-state index >= 15 is 0 Å². The summed E-state index contributed by atoms with van der Waals surface area (Å²) in [6, 6.07) is 7.15. The zero-order chi connectivity index (χ0) is 14.4. The molecule has 1 aromatic carbocycles. The number of rotatable bonds is 7. The quantitative estimate of drug-likeness (QED) is 0.569. The Morgan fingerprint density at radius 1 is 1.30 bits per heavy atom. The van der Waals surface area contributed by atoms with Crippen LogP contribution < -0.4 is 4.74 Å². The third-order valence-corrected chi connectivity index (χ3v) is 2.81. The Hall–Kier alpha value is -2.24. The molecular formula is C14H18N4O2. The van der Waals surface area contributed by atoms with Crippen LogP contribution in [-0.2, 0) is 13.5 Å². The first-order chi connectivity index (χ1) is 9.69. The van der Waals surface area contributed by atoms with E-state index < -0.39 is 0 Å². The molecule has 0 aliphatic carbocycles. The number of carbonyl (C=O) groups is 1. The van der Waals surface area contributed by atoms with E-state index in [1.54, 1.807) is 19.2 Å². The molecule has 0 unspecified atom stereocenters. The minimum atomic E-state index is -0.0295. The van der Waals surface area contributed by atoms with Gasteiger partial charge in [0.15, 0.2) is 11.6 Å². The van der Waals surface area contributed by atoms with E-state index in [2.05, 4.69) is 22.3 Å². The maximum Gasteiger partial charge on any atom is 0.182 e. The number of ketones is 1. The first kappa shape index (κ1) is 14.2. The Labute approximate surface area is 117 Å². The molecule has 0 radical (unpaired) electrons. The number of Topliss-reactive ketones (excluding diaryl/α,β-unsaturated/α-hetero) is 1. The lowest BCUT2D eigenvalue weighted by Crippen LogP contribution is -2.05. The fourth-order valence-electron chi connectivity index (χ4n) is 1.71. The third kappa shape index (κ3) is 3.88. The van der Waals surface area contributed by atoms with Crippen LogP contribution in [-0.4, -0.2) is 32.6 Å². The van der Waals surface area contributed by atoms with Crippen LogP contribution in [0, 0.1) is 0 Å². The van der Waals surface area contributed by atoms with Gasteiger partial charge in [-0.25, -0.2) is 0 Å². The molecule has 6 heteroatoms. The summed E-state index contributed by atoms with van der Waals surface area (Å²) < 4.78 is 5.55. The minimum absolute atomic E-state index is 0.0295. The zero-order valence-electron chi connectivity index (χ0n) is 11.7. The largest absolute Gasteiger partial charge is 0.494 e. The van der Waals surface area contributed by atoms with Crippen LogP contribution in [0.5, 0.6) is 5.75 Å². The molecule has 20 heavy (non-hydrogen) atoms. The van der Waals surface area contributed by atoms with Gasteiger partial charge in [-0.05, 0) is 35.9 Å². The van der Waals surface area contributed by atoms with Crippen LogP contribution in [0.15, 0.2) is 24.3 Å². The number of hydrogen-bond donors (Lipinski definition) is 0. The second-order valence-electron chi connectivity index (χ2n) is 4.52. The molecular weight excluding hydrogens is 256 g/mol. The highest BCUT2D eigenvalue weighted by molar-refractivity contribution is 5.97. The lowest BCUT2D eigenvalue weighted by atomic mass is 10.1. The predicted octanol–water partition coefficient (Wildman–Crippen LogP) is 1.81. The molecule has 0 N–H and O–H groups in total. The normalized spacial score (nSPS) is 10.5. The van der Waals surface area contributed by atoms with E-state index in [1.165, 1.54) is 4.80 Å². The minimum Gasteiger partial charge on any atom is -0.494 e. The van der Waals surface area contributed by atoms with Crippen LogP contribution in [0.4, 0.5) is 0 Å². The fourth-order valence-corrected chi connectivity index (χ4v) is 1.71. The van der Waals surface area contributed by atoms with Crippen molar-refractivity contribution in [1.29, 1.82) is 0 Å². The van der Waals surface area contributed by atoms with Crippen molar-refractivity contribution in [2.24, 2.45) is 7.05 Å². The van der Waals surface area contributed by atoms with Crippen LogP contribution in [0.25, 0.3) is 0 Å². The summed E-state index contributed by atoms with van der Waals surface area (Å²) in [5.41, 5.74) is 0.625. The van der Waals surface area contributed by atoms with E-state index in [1.807, 2.05) is 12.1 Å². The first-order valence-corrected chi connectivity index (χ1v) is 6.68. The summed E-state index contributed by atoms with van der Waals surface area (Å²) in [6.07, 6.45) is 2.28. The van der Waals surface area contributed by atoms with Crippen molar-refractivity contribution in [2.45, 2.75) is 26.2 Å². The van der Waals surface area contributed by atoms with Gasteiger partial charge in [0.1, 0.15) is 5.75 Å². The molecule has 2 rings (SSSR count). The maximum atomic E-state index is 12.0. The van der Waals surface area contributed by atoms with Gasteiger partial charge in [0, 0.05) is 5.56 Å². The molecule has 1 heterocycles. The highest BCUT2D eigenvalue weighted by atomic mass is 16.5. The van der Waals surface area contributed by atoms with Crippen molar-refractivity contribution in [3.63, 3.8) is 0 Å². The van der Waals surface area contributed by atoms with Crippen LogP contribution >= 0.6 is 0 Å². The lowest BCUT2D eigenvalue weighted by Gasteiger charge is -2.05. The standard InChI is InChI=1S/C14H18N4O2/c1-3-4-9-20-12-7-5-11(6-8-12)13(19)10-14-15-17-18(2)16-14/h5-8H,3-4,9-10H2,1-2H3. The third-order valence-electron chi connectivity index (χ3n) is 2.81. The number of benzene rings is 1. The van der Waals surface area contributed by atoms with Crippen molar-refractivity contribution < 1.29 is 9.53 Å². The van der Waals surface area contributed by atoms with Crippen LogP contribution in [0.1, 0.15) is 35.9 Å². The van der Waals surface area contributed by atoms with Crippen LogP contribution in [0.2, 0.25) is 0 Å². The topological polar surface area (TPSA) is 69.9 Å². The molecule has 0 fully saturated rings. The van der Waals surface area contributed by atoms with Gasteiger partial charge in [0.2, 0.25) is 0 Å². The number of carbonyl (C=O) groups excluding carboxylic acids is 1. The van der Waals surface area contributed by atoms with Gasteiger partial charge < -0.3 is 4.74 Å². The molecule has 1 aromatic heterocycles. The summed E-state index contributed by atoms with van der Waals surface area (Å²) in [5, 5.41) is 11.5. The van der Waals surface area contributed by atoms with E-state index in [9.17, 15) is 4.79 Å². The van der Waals surface area contributed by atoms with Gasteiger partial charge in [0.05, 0.1) is 20.1 Å². The number of aryl methyl sites for hydroxylation is 1. The number of hydrogen-bond acceptors (Lipinski definition) is 5. The first-order valence-electron chi connectivity index (χ1n) is 6.68. The Bertz CT molecular complexity index is 563. The predicted molar refractivity (Wildman–Crippen MR) is 73.7 cm³/mol. The van der Waals surface area contributed by atoms with Gasteiger partial charge >= 0.3 is 0 Å². The molecule has 106 valence electrons. The summed E-state index contributed by atoms with van der Waals surface area (Å²) in [7, 11) is 1.67. The van der Waals surface area contributed by atoms with E-state index in [0.29, 0.717) is 18.0 Å². The van der Waals surface area contributed by atoms with E-state index in [0.717, 1.165) is 18.6 Å². The highest BCUT2D eigenvalue weighted by Crippen LogP contribution is 2.14. The molecule has 0 saturated carbocycles. The molecule has 0 aliphatic rings. The highest BCUT2D eigenvalue weighted by Gasteiger charge is 2.10. The number of tetrazole rings is 1. The Balaban J connectivity index is 1.93. The number of ether oxygens (including phenoxy) is 1. The summed E-state index contributed by atoms with van der Waals surface area (Å²) in [4.78, 5) is 13.4. The summed E-state index contributed by atoms with van der Waals surface area (Å²) >= 11 is 0. The smallest absolute Gasteiger partial charge is 0.182 e. The molecule has 0 spiro atoms. The van der Waals surface area contributed by atoms with Crippen molar-refractivity contribution in [3.05, 3.63) is 35.7 Å². The summed E-state index contributed by atoms with van der Waals surface area (Å²) in [6.45, 7) is 2.82. The van der Waals surface area contributed by atoms with E-state index in [4.69, 9.17) is 4.74 Å². The van der Waals surface area contributed by atoms with Crippen LogP contribution in [0.3, 0.4) is 0 Å².